The normalized spacial score (nSPS) is 32.4. The van der Waals surface area contributed by atoms with Crippen LogP contribution in [0.15, 0.2) is 29.0 Å². The molecule has 0 spiro atoms. The van der Waals surface area contributed by atoms with Gasteiger partial charge in [-0.25, -0.2) is 4.79 Å². The molecule has 2 amide bonds. The van der Waals surface area contributed by atoms with E-state index in [9.17, 15) is 9.90 Å². The average Bonchev–Trinajstić information content (AvgIpc) is 3.29. The van der Waals surface area contributed by atoms with Gasteiger partial charge in [-0.2, -0.15) is 11.3 Å². The third kappa shape index (κ3) is 3.55. The Labute approximate surface area is 168 Å². The van der Waals surface area contributed by atoms with Gasteiger partial charge in [0.25, 0.3) is 0 Å². The van der Waals surface area contributed by atoms with Crippen molar-refractivity contribution < 1.29 is 9.90 Å². The third-order valence-electron chi connectivity index (χ3n) is 6.63. The fourth-order valence-electron chi connectivity index (χ4n) is 5.93. The predicted octanol–water partition coefficient (Wildman–Crippen LogP) is 4.78. The van der Waals surface area contributed by atoms with Crippen molar-refractivity contribution in [3.05, 3.63) is 33.8 Å². The topological polar surface area (TPSA) is 61.4 Å². The highest BCUT2D eigenvalue weighted by Crippen LogP contribution is 2.55. The summed E-state index contributed by atoms with van der Waals surface area (Å²) in [5.74, 6) is 2.43. The molecule has 1 atom stereocenters. The van der Waals surface area contributed by atoms with Crippen LogP contribution in [-0.4, -0.2) is 23.2 Å². The van der Waals surface area contributed by atoms with Gasteiger partial charge in [0.05, 0.1) is 6.54 Å². The molecule has 3 N–H and O–H groups in total. The highest BCUT2D eigenvalue weighted by Gasteiger charge is 2.51. The summed E-state index contributed by atoms with van der Waals surface area (Å²) < 4.78 is 0. The molecule has 144 valence electrons. The largest absolute Gasteiger partial charge is 0.386 e. The Hall–Kier alpha value is -1.37. The van der Waals surface area contributed by atoms with Crippen molar-refractivity contribution in [2.24, 2.45) is 17.8 Å². The summed E-state index contributed by atoms with van der Waals surface area (Å²) in [6, 6.07) is 5.97. The summed E-state index contributed by atoms with van der Waals surface area (Å²) in [7, 11) is 0. The SMILES string of the molecule is O=C(NCC(O)c1ccc(-c2ccsc2)s1)NC12CC3CC(CC(C3)C1)C2. The van der Waals surface area contributed by atoms with Crippen molar-refractivity contribution in [2.45, 2.75) is 50.2 Å². The van der Waals surface area contributed by atoms with Gasteiger partial charge in [-0.15, -0.1) is 11.3 Å². The lowest BCUT2D eigenvalue weighted by Crippen LogP contribution is -2.61. The lowest BCUT2D eigenvalue weighted by atomic mass is 9.53. The maximum Gasteiger partial charge on any atom is 0.315 e. The van der Waals surface area contributed by atoms with Crippen molar-refractivity contribution >= 4 is 28.7 Å². The van der Waals surface area contributed by atoms with Crippen LogP contribution < -0.4 is 10.6 Å². The molecule has 0 aliphatic heterocycles. The van der Waals surface area contributed by atoms with E-state index in [2.05, 4.69) is 27.5 Å². The zero-order chi connectivity index (χ0) is 18.4. The van der Waals surface area contributed by atoms with Gasteiger partial charge in [-0.3, -0.25) is 0 Å². The molecule has 2 aromatic heterocycles. The maximum atomic E-state index is 12.5. The van der Waals surface area contributed by atoms with Gasteiger partial charge in [0, 0.05) is 20.9 Å². The second-order valence-corrected chi connectivity index (χ2v) is 10.7. The number of carbonyl (C=O) groups excluding carboxylic acids is 1. The van der Waals surface area contributed by atoms with Crippen LogP contribution in [0.3, 0.4) is 0 Å². The number of nitrogens with one attached hydrogen (secondary N) is 2. The Morgan fingerprint density at radius 3 is 2.48 bits per heavy atom. The van der Waals surface area contributed by atoms with Gasteiger partial charge in [-0.1, -0.05) is 0 Å². The third-order valence-corrected chi connectivity index (χ3v) is 8.55. The summed E-state index contributed by atoms with van der Waals surface area (Å²) >= 11 is 3.26. The van der Waals surface area contributed by atoms with E-state index in [4.69, 9.17) is 0 Å². The molecule has 1 unspecified atom stereocenters. The Morgan fingerprint density at radius 2 is 1.85 bits per heavy atom. The van der Waals surface area contributed by atoms with Gasteiger partial charge in [-0.05, 0) is 85.2 Å². The summed E-state index contributed by atoms with van der Waals surface area (Å²) in [6.07, 6.45) is 6.87. The van der Waals surface area contributed by atoms with Crippen LogP contribution in [0.25, 0.3) is 10.4 Å². The van der Waals surface area contributed by atoms with Gasteiger partial charge < -0.3 is 15.7 Å². The van der Waals surface area contributed by atoms with Gasteiger partial charge in [0.1, 0.15) is 6.10 Å². The van der Waals surface area contributed by atoms with E-state index in [-0.39, 0.29) is 18.1 Å². The van der Waals surface area contributed by atoms with E-state index >= 15 is 0 Å². The van der Waals surface area contributed by atoms with Crippen molar-refractivity contribution in [3.63, 3.8) is 0 Å². The summed E-state index contributed by atoms with van der Waals surface area (Å²) in [5.41, 5.74) is 1.20. The van der Waals surface area contributed by atoms with Crippen LogP contribution in [0.2, 0.25) is 0 Å². The smallest absolute Gasteiger partial charge is 0.315 e. The number of carbonyl (C=O) groups is 1. The van der Waals surface area contributed by atoms with E-state index in [1.807, 2.05) is 12.1 Å². The van der Waals surface area contributed by atoms with Crippen molar-refractivity contribution in [2.75, 3.05) is 6.54 Å². The van der Waals surface area contributed by atoms with Crippen LogP contribution in [-0.2, 0) is 0 Å². The van der Waals surface area contributed by atoms with Crippen molar-refractivity contribution in [3.8, 4) is 10.4 Å². The molecule has 4 nitrogen and oxygen atoms in total. The number of aliphatic hydroxyl groups is 1. The van der Waals surface area contributed by atoms with Crippen LogP contribution in [0.5, 0.6) is 0 Å². The number of hydrogen-bond donors (Lipinski definition) is 3. The second kappa shape index (κ2) is 6.90. The van der Waals surface area contributed by atoms with Gasteiger partial charge in [0.2, 0.25) is 0 Å². The minimum Gasteiger partial charge on any atom is -0.386 e. The van der Waals surface area contributed by atoms with E-state index in [1.165, 1.54) is 24.8 Å². The molecule has 4 fully saturated rings. The van der Waals surface area contributed by atoms with E-state index in [0.29, 0.717) is 0 Å². The molecule has 0 radical (unpaired) electrons. The van der Waals surface area contributed by atoms with Gasteiger partial charge >= 0.3 is 6.03 Å². The first-order valence-corrected chi connectivity index (χ1v) is 11.7. The average molecular weight is 403 g/mol. The molecule has 4 aliphatic carbocycles. The summed E-state index contributed by atoms with van der Waals surface area (Å²) in [6.45, 7) is 0.252. The number of amides is 2. The van der Waals surface area contributed by atoms with Crippen LogP contribution in [0.4, 0.5) is 4.79 Å². The van der Waals surface area contributed by atoms with Crippen molar-refractivity contribution in [1.29, 1.82) is 0 Å². The summed E-state index contributed by atoms with van der Waals surface area (Å²) in [4.78, 5) is 14.6. The number of urea groups is 1. The van der Waals surface area contributed by atoms with Crippen LogP contribution in [0, 0.1) is 17.8 Å². The highest BCUT2D eigenvalue weighted by molar-refractivity contribution is 7.16. The molecule has 2 aromatic rings. The lowest BCUT2D eigenvalue weighted by Gasteiger charge is -2.56. The molecule has 27 heavy (non-hydrogen) atoms. The van der Waals surface area contributed by atoms with Crippen LogP contribution >= 0.6 is 22.7 Å². The molecule has 0 aromatic carbocycles. The lowest BCUT2D eigenvalue weighted by molar-refractivity contribution is -0.0136. The molecule has 6 rings (SSSR count). The number of rotatable bonds is 5. The number of aliphatic hydroxyl groups excluding tert-OH is 1. The fourth-order valence-corrected chi connectivity index (χ4v) is 7.65. The van der Waals surface area contributed by atoms with E-state index in [1.54, 1.807) is 22.7 Å². The standard InChI is InChI=1S/C21H26N2O2S2/c24-17(19-2-1-18(27-19)16-3-4-26-12-16)11-22-20(25)23-21-8-13-5-14(9-21)7-15(6-13)10-21/h1-4,12-15,17,24H,5-11H2,(H2,22,23,25). The minimum atomic E-state index is -0.663. The zero-order valence-electron chi connectivity index (χ0n) is 15.3. The highest BCUT2D eigenvalue weighted by atomic mass is 32.1. The van der Waals surface area contributed by atoms with E-state index < -0.39 is 6.10 Å². The van der Waals surface area contributed by atoms with Crippen LogP contribution in [0.1, 0.15) is 49.5 Å². The first-order chi connectivity index (χ1) is 13.1. The molecule has 4 saturated carbocycles. The molecule has 0 saturated heterocycles. The first kappa shape index (κ1) is 17.7. The summed E-state index contributed by atoms with van der Waals surface area (Å²) in [5, 5.41) is 20.9. The Bertz CT molecular complexity index is 779. The molecule has 6 heteroatoms. The van der Waals surface area contributed by atoms with Crippen molar-refractivity contribution in [1.82, 2.24) is 10.6 Å². The number of thiophene rings is 2. The molecular weight excluding hydrogens is 376 g/mol. The monoisotopic (exact) mass is 402 g/mol. The molecule has 4 bridgehead atoms. The molecule has 4 aliphatic rings. The quantitative estimate of drug-likeness (QED) is 0.674. The molecular formula is C21H26N2O2S2. The fraction of sp³-hybridized carbons (Fsp3) is 0.571. The zero-order valence-corrected chi connectivity index (χ0v) is 17.0. The second-order valence-electron chi connectivity index (χ2n) is 8.76. The Balaban J connectivity index is 1.16. The van der Waals surface area contributed by atoms with Gasteiger partial charge in [0.15, 0.2) is 0 Å². The Morgan fingerprint density at radius 1 is 1.15 bits per heavy atom. The maximum absolute atomic E-state index is 12.5. The van der Waals surface area contributed by atoms with E-state index in [0.717, 1.165) is 46.8 Å². The predicted molar refractivity (Wildman–Crippen MR) is 110 cm³/mol. The minimum absolute atomic E-state index is 0.0127. The molecule has 2 heterocycles. The Kier molecular flexibility index (Phi) is 4.53. The number of hydrogen-bond acceptors (Lipinski definition) is 4. The first-order valence-electron chi connectivity index (χ1n) is 9.95.